The van der Waals surface area contributed by atoms with Gasteiger partial charge in [0.2, 0.25) is 5.91 Å². The van der Waals surface area contributed by atoms with E-state index in [2.05, 4.69) is 29.0 Å². The highest BCUT2D eigenvalue weighted by Crippen LogP contribution is 2.25. The Labute approximate surface area is 174 Å². The summed E-state index contributed by atoms with van der Waals surface area (Å²) in [6.07, 6.45) is 2.14. The summed E-state index contributed by atoms with van der Waals surface area (Å²) >= 11 is 0. The van der Waals surface area contributed by atoms with Crippen molar-refractivity contribution in [3.63, 3.8) is 0 Å². The third-order valence-electron chi connectivity index (χ3n) is 5.67. The molecule has 0 radical (unpaired) electrons. The minimum Gasteiger partial charge on any atom is -0.494 e. The third-order valence-corrected chi connectivity index (χ3v) is 5.67. The Morgan fingerprint density at radius 3 is 2.38 bits per heavy atom. The SMILES string of the molecule is CCCOc1ccc(N2C(=O)C[C@H](NCCCN3CCN(CC)CC3)C2=O)cc1. The van der Waals surface area contributed by atoms with Crippen molar-refractivity contribution in [2.45, 2.75) is 39.2 Å². The van der Waals surface area contributed by atoms with Crippen LogP contribution in [0.25, 0.3) is 0 Å². The van der Waals surface area contributed by atoms with E-state index in [1.807, 2.05) is 12.1 Å². The van der Waals surface area contributed by atoms with Gasteiger partial charge >= 0.3 is 0 Å². The zero-order chi connectivity index (χ0) is 20.6. The monoisotopic (exact) mass is 402 g/mol. The number of amides is 2. The number of ether oxygens (including phenoxy) is 1. The van der Waals surface area contributed by atoms with Crippen LogP contribution in [-0.4, -0.2) is 80.1 Å². The highest BCUT2D eigenvalue weighted by Gasteiger charge is 2.39. The zero-order valence-corrected chi connectivity index (χ0v) is 17.7. The van der Waals surface area contributed by atoms with E-state index in [1.54, 1.807) is 12.1 Å². The molecule has 29 heavy (non-hydrogen) atoms. The van der Waals surface area contributed by atoms with E-state index in [0.29, 0.717) is 12.3 Å². The van der Waals surface area contributed by atoms with Crippen molar-refractivity contribution in [3.8, 4) is 5.75 Å². The molecule has 0 unspecified atom stereocenters. The summed E-state index contributed by atoms with van der Waals surface area (Å²) in [7, 11) is 0. The van der Waals surface area contributed by atoms with Gasteiger partial charge in [-0.05, 0) is 56.7 Å². The fourth-order valence-electron chi connectivity index (χ4n) is 3.88. The molecule has 160 valence electrons. The van der Waals surface area contributed by atoms with Crippen LogP contribution in [0.2, 0.25) is 0 Å². The van der Waals surface area contributed by atoms with Crippen molar-refractivity contribution in [2.24, 2.45) is 0 Å². The molecule has 2 aliphatic rings. The summed E-state index contributed by atoms with van der Waals surface area (Å²) in [6, 6.07) is 6.75. The lowest BCUT2D eigenvalue weighted by molar-refractivity contribution is -0.121. The average Bonchev–Trinajstić information content (AvgIpc) is 3.03. The number of nitrogens with zero attached hydrogens (tertiary/aromatic N) is 3. The fourth-order valence-corrected chi connectivity index (χ4v) is 3.88. The van der Waals surface area contributed by atoms with Crippen LogP contribution in [0.3, 0.4) is 0 Å². The predicted molar refractivity (Wildman–Crippen MR) is 114 cm³/mol. The molecule has 0 saturated carbocycles. The summed E-state index contributed by atoms with van der Waals surface area (Å²) < 4.78 is 5.57. The van der Waals surface area contributed by atoms with Crippen molar-refractivity contribution < 1.29 is 14.3 Å². The molecular formula is C22H34N4O3. The minimum absolute atomic E-state index is 0.148. The molecule has 2 aliphatic heterocycles. The maximum atomic E-state index is 12.7. The largest absolute Gasteiger partial charge is 0.494 e. The van der Waals surface area contributed by atoms with E-state index in [9.17, 15) is 9.59 Å². The number of carbonyl (C=O) groups is 2. The van der Waals surface area contributed by atoms with Gasteiger partial charge in [0.15, 0.2) is 0 Å². The van der Waals surface area contributed by atoms with Crippen molar-refractivity contribution >= 4 is 17.5 Å². The first-order chi connectivity index (χ1) is 14.1. The molecule has 2 saturated heterocycles. The molecule has 0 bridgehead atoms. The maximum absolute atomic E-state index is 12.7. The van der Waals surface area contributed by atoms with Crippen LogP contribution in [-0.2, 0) is 9.59 Å². The molecule has 1 aromatic rings. The standard InChI is InChI=1S/C22H34N4O3/c1-3-16-29-19-8-6-18(7-9-19)26-21(27)17-20(22(26)28)23-10-5-11-25-14-12-24(4-2)13-15-25/h6-9,20,23H,3-5,10-17H2,1-2H3/t20-/m0/s1. The Kier molecular flexibility index (Phi) is 8.03. The van der Waals surface area contributed by atoms with E-state index in [0.717, 1.165) is 64.4 Å². The highest BCUT2D eigenvalue weighted by molar-refractivity contribution is 6.22. The molecule has 0 aliphatic carbocycles. The fraction of sp³-hybridized carbons (Fsp3) is 0.636. The minimum atomic E-state index is -0.421. The van der Waals surface area contributed by atoms with Gasteiger partial charge in [-0.25, -0.2) is 4.90 Å². The van der Waals surface area contributed by atoms with E-state index in [-0.39, 0.29) is 18.2 Å². The van der Waals surface area contributed by atoms with Gasteiger partial charge in [0.1, 0.15) is 5.75 Å². The Balaban J connectivity index is 1.43. The molecule has 7 nitrogen and oxygen atoms in total. The molecule has 7 heteroatoms. The van der Waals surface area contributed by atoms with Crippen molar-refractivity contribution in [2.75, 3.05) is 57.3 Å². The number of imide groups is 1. The van der Waals surface area contributed by atoms with Gasteiger partial charge in [-0.2, -0.15) is 0 Å². The van der Waals surface area contributed by atoms with Crippen molar-refractivity contribution in [1.82, 2.24) is 15.1 Å². The van der Waals surface area contributed by atoms with Crippen LogP contribution in [0.1, 0.15) is 33.1 Å². The first-order valence-electron chi connectivity index (χ1n) is 10.9. The maximum Gasteiger partial charge on any atom is 0.251 e. The van der Waals surface area contributed by atoms with Gasteiger partial charge in [0, 0.05) is 26.2 Å². The second kappa shape index (κ2) is 10.7. The molecule has 2 fully saturated rings. The first-order valence-corrected chi connectivity index (χ1v) is 10.9. The molecule has 0 spiro atoms. The normalized spacial score (nSPS) is 21.2. The molecule has 1 N–H and O–H groups in total. The number of hydrogen-bond donors (Lipinski definition) is 1. The van der Waals surface area contributed by atoms with Gasteiger partial charge in [0.25, 0.3) is 5.91 Å². The van der Waals surface area contributed by atoms with Gasteiger partial charge in [-0.15, -0.1) is 0 Å². The molecule has 1 atom stereocenters. The zero-order valence-electron chi connectivity index (χ0n) is 17.7. The van der Waals surface area contributed by atoms with E-state index < -0.39 is 6.04 Å². The van der Waals surface area contributed by atoms with Gasteiger partial charge < -0.3 is 19.9 Å². The van der Waals surface area contributed by atoms with Crippen LogP contribution in [0, 0.1) is 0 Å². The number of nitrogens with one attached hydrogen (secondary N) is 1. The number of anilines is 1. The predicted octanol–water partition coefficient (Wildman–Crippen LogP) is 1.72. The van der Waals surface area contributed by atoms with Gasteiger partial charge in [0.05, 0.1) is 24.8 Å². The Morgan fingerprint density at radius 1 is 1.03 bits per heavy atom. The first kappa shape index (κ1) is 21.7. The third kappa shape index (κ3) is 5.78. The number of carbonyl (C=O) groups excluding carboxylic acids is 2. The lowest BCUT2D eigenvalue weighted by Gasteiger charge is -2.34. The quantitative estimate of drug-likeness (QED) is 0.475. The molecule has 2 heterocycles. The van der Waals surface area contributed by atoms with Crippen LogP contribution < -0.4 is 15.0 Å². The lowest BCUT2D eigenvalue weighted by Crippen LogP contribution is -2.47. The average molecular weight is 403 g/mol. The molecule has 0 aromatic heterocycles. The van der Waals surface area contributed by atoms with Crippen LogP contribution >= 0.6 is 0 Å². The van der Waals surface area contributed by atoms with Crippen LogP contribution in [0.15, 0.2) is 24.3 Å². The summed E-state index contributed by atoms with van der Waals surface area (Å²) in [6.45, 7) is 12.3. The van der Waals surface area contributed by atoms with Crippen molar-refractivity contribution in [3.05, 3.63) is 24.3 Å². The van der Waals surface area contributed by atoms with Gasteiger partial charge in [-0.3, -0.25) is 9.59 Å². The van der Waals surface area contributed by atoms with Crippen molar-refractivity contribution in [1.29, 1.82) is 0 Å². The van der Waals surface area contributed by atoms with Gasteiger partial charge in [-0.1, -0.05) is 13.8 Å². The second-order valence-electron chi connectivity index (χ2n) is 7.75. The lowest BCUT2D eigenvalue weighted by atomic mass is 10.2. The summed E-state index contributed by atoms with van der Waals surface area (Å²) in [4.78, 5) is 31.4. The Morgan fingerprint density at radius 2 is 1.72 bits per heavy atom. The molecule has 2 amide bonds. The summed E-state index contributed by atoms with van der Waals surface area (Å²) in [5.41, 5.74) is 0.613. The number of likely N-dealkylation sites (N-methyl/N-ethyl adjacent to an activating group) is 1. The number of hydrogen-bond acceptors (Lipinski definition) is 6. The topological polar surface area (TPSA) is 65.1 Å². The Bertz CT molecular complexity index is 671. The van der Waals surface area contributed by atoms with E-state index >= 15 is 0 Å². The smallest absolute Gasteiger partial charge is 0.251 e. The van der Waals surface area contributed by atoms with E-state index in [1.165, 1.54) is 4.90 Å². The second-order valence-corrected chi connectivity index (χ2v) is 7.75. The summed E-state index contributed by atoms with van der Waals surface area (Å²) in [5, 5.41) is 3.29. The highest BCUT2D eigenvalue weighted by atomic mass is 16.5. The number of piperazine rings is 1. The molecule has 3 rings (SSSR count). The number of benzene rings is 1. The molecular weight excluding hydrogens is 368 g/mol. The van der Waals surface area contributed by atoms with Crippen LogP contribution in [0.4, 0.5) is 5.69 Å². The van der Waals surface area contributed by atoms with Crippen LogP contribution in [0.5, 0.6) is 5.75 Å². The molecule has 1 aromatic carbocycles. The van der Waals surface area contributed by atoms with E-state index in [4.69, 9.17) is 4.74 Å². The summed E-state index contributed by atoms with van der Waals surface area (Å²) in [5.74, 6) is 0.448. The Hall–Kier alpha value is -1.96. The number of rotatable bonds is 10.